The lowest BCUT2D eigenvalue weighted by Gasteiger charge is -2.31. The van der Waals surface area contributed by atoms with Gasteiger partial charge < -0.3 is 0 Å². The zero-order valence-electron chi connectivity index (χ0n) is 24.3. The molecule has 38 heavy (non-hydrogen) atoms. The zero-order chi connectivity index (χ0) is 27.6. The van der Waals surface area contributed by atoms with E-state index in [1.807, 2.05) is 12.2 Å². The summed E-state index contributed by atoms with van der Waals surface area (Å²) in [5.41, 5.74) is 17.4. The van der Waals surface area contributed by atoms with Crippen molar-refractivity contribution in [2.75, 3.05) is 0 Å². The molecule has 0 heteroatoms. The summed E-state index contributed by atoms with van der Waals surface area (Å²) in [5, 5.41) is 0. The Morgan fingerprint density at radius 2 is 1.71 bits per heavy atom. The van der Waals surface area contributed by atoms with Gasteiger partial charge in [0.2, 0.25) is 0 Å². The minimum absolute atomic E-state index is 0.0144. The van der Waals surface area contributed by atoms with E-state index >= 15 is 0 Å². The van der Waals surface area contributed by atoms with E-state index in [-0.39, 0.29) is 5.41 Å². The maximum absolute atomic E-state index is 4.70. The second-order valence-electron chi connectivity index (χ2n) is 11.1. The topological polar surface area (TPSA) is 0 Å². The van der Waals surface area contributed by atoms with Gasteiger partial charge in [0.25, 0.3) is 0 Å². The second-order valence-corrected chi connectivity index (χ2v) is 11.1. The van der Waals surface area contributed by atoms with Gasteiger partial charge in [0.15, 0.2) is 0 Å². The van der Waals surface area contributed by atoms with Crippen molar-refractivity contribution in [3.63, 3.8) is 0 Å². The van der Waals surface area contributed by atoms with Crippen LogP contribution in [-0.4, -0.2) is 0 Å². The van der Waals surface area contributed by atoms with E-state index in [4.69, 9.17) is 6.58 Å². The first-order valence-corrected chi connectivity index (χ1v) is 13.8. The Morgan fingerprint density at radius 1 is 0.974 bits per heavy atom. The highest BCUT2D eigenvalue weighted by Gasteiger charge is 2.40. The number of hydrogen-bond donors (Lipinski definition) is 0. The summed E-state index contributed by atoms with van der Waals surface area (Å²) in [4.78, 5) is 0. The number of rotatable bonds is 7. The number of benzene rings is 2. The van der Waals surface area contributed by atoms with Crippen LogP contribution in [0.4, 0.5) is 0 Å². The standard InChI is InChI=1S/C38H42/c1-10-12-13-17-25(3)30-21-20-26(4)35(24-30)32(16-11-2)28(6)27(5)31-22-23-34-33-18-14-15-19-36(33)38(8,9)37(34)29(31)7/h10-21,24H,1,5,22-23H2,2-4,6-9H3/b13-12-,16-11-,25-17+,32-28+. The highest BCUT2D eigenvalue weighted by molar-refractivity contribution is 5.88. The third-order valence-corrected chi connectivity index (χ3v) is 8.44. The van der Waals surface area contributed by atoms with Gasteiger partial charge in [-0.2, -0.15) is 0 Å². The van der Waals surface area contributed by atoms with Crippen LogP contribution in [0.25, 0.3) is 16.7 Å². The monoisotopic (exact) mass is 498 g/mol. The summed E-state index contributed by atoms with van der Waals surface area (Å²) in [6, 6.07) is 15.7. The fourth-order valence-electron chi connectivity index (χ4n) is 6.36. The van der Waals surface area contributed by atoms with Crippen LogP contribution < -0.4 is 0 Å². The molecule has 0 aliphatic heterocycles. The molecule has 0 spiro atoms. The fourth-order valence-corrected chi connectivity index (χ4v) is 6.36. The summed E-state index contributed by atoms with van der Waals surface area (Å²) < 4.78 is 0. The molecule has 0 saturated heterocycles. The second kappa shape index (κ2) is 11.0. The molecule has 0 amide bonds. The maximum Gasteiger partial charge on any atom is 0.0158 e. The van der Waals surface area contributed by atoms with Crippen molar-refractivity contribution >= 4 is 16.7 Å². The molecular formula is C38H42. The lowest BCUT2D eigenvalue weighted by Crippen LogP contribution is -2.20. The van der Waals surface area contributed by atoms with Crippen molar-refractivity contribution in [3.05, 3.63) is 148 Å². The van der Waals surface area contributed by atoms with Crippen LogP contribution in [0.15, 0.2) is 120 Å². The molecule has 0 nitrogen and oxygen atoms in total. The number of hydrogen-bond acceptors (Lipinski definition) is 0. The molecule has 0 radical (unpaired) electrons. The Balaban J connectivity index is 1.81. The van der Waals surface area contributed by atoms with Gasteiger partial charge in [0.05, 0.1) is 0 Å². The molecule has 0 unspecified atom stereocenters. The average Bonchev–Trinajstić information content (AvgIpc) is 3.14. The minimum atomic E-state index is 0.0144. The molecule has 0 aromatic heterocycles. The van der Waals surface area contributed by atoms with Crippen LogP contribution in [-0.2, 0) is 5.41 Å². The lowest BCUT2D eigenvalue weighted by molar-refractivity contribution is 0.639. The zero-order valence-corrected chi connectivity index (χ0v) is 24.3. The van der Waals surface area contributed by atoms with E-state index in [0.29, 0.717) is 0 Å². The molecule has 0 heterocycles. The molecule has 2 aliphatic rings. The predicted octanol–water partition coefficient (Wildman–Crippen LogP) is 10.9. The number of aryl methyl sites for hydroxylation is 1. The van der Waals surface area contributed by atoms with Gasteiger partial charge in [0.1, 0.15) is 0 Å². The normalized spacial score (nSPS) is 17.7. The van der Waals surface area contributed by atoms with Gasteiger partial charge in [-0.25, -0.2) is 0 Å². The minimum Gasteiger partial charge on any atom is -0.0991 e. The summed E-state index contributed by atoms with van der Waals surface area (Å²) >= 11 is 0. The first-order chi connectivity index (χ1) is 18.1. The van der Waals surface area contributed by atoms with Crippen LogP contribution in [0.5, 0.6) is 0 Å². The van der Waals surface area contributed by atoms with Crippen molar-refractivity contribution in [3.8, 4) is 0 Å². The van der Waals surface area contributed by atoms with Crippen LogP contribution >= 0.6 is 0 Å². The fraction of sp³-hybridized carbons (Fsp3) is 0.263. The molecule has 0 N–H and O–H groups in total. The van der Waals surface area contributed by atoms with E-state index in [2.05, 4.69) is 116 Å². The maximum atomic E-state index is 4.70. The van der Waals surface area contributed by atoms with Crippen molar-refractivity contribution in [1.82, 2.24) is 0 Å². The SMILES string of the molecule is C=C/C=C\C=C(/C)c1ccc(C)c(C(/C=C\C)=C(\C)C(=C)C2=C(C)C3=C(CC2)c2ccccc2C3(C)C)c1. The molecule has 2 aromatic carbocycles. The third-order valence-electron chi connectivity index (χ3n) is 8.44. The highest BCUT2D eigenvalue weighted by atomic mass is 14.4. The van der Waals surface area contributed by atoms with E-state index in [1.165, 1.54) is 72.4 Å². The van der Waals surface area contributed by atoms with Gasteiger partial charge in [-0.1, -0.05) is 99.9 Å². The van der Waals surface area contributed by atoms with E-state index in [1.54, 1.807) is 6.08 Å². The Kier molecular flexibility index (Phi) is 7.93. The number of allylic oxidation sites excluding steroid dienone is 14. The highest BCUT2D eigenvalue weighted by Crippen LogP contribution is 2.54. The summed E-state index contributed by atoms with van der Waals surface area (Å²) in [7, 11) is 0. The van der Waals surface area contributed by atoms with E-state index in [0.717, 1.165) is 12.8 Å². The van der Waals surface area contributed by atoms with Crippen molar-refractivity contribution in [2.45, 2.75) is 66.7 Å². The van der Waals surface area contributed by atoms with Gasteiger partial charge in [0, 0.05) is 5.41 Å². The average molecular weight is 499 g/mol. The summed E-state index contributed by atoms with van der Waals surface area (Å²) in [6.07, 6.45) is 14.5. The molecular weight excluding hydrogens is 456 g/mol. The molecule has 4 rings (SSSR count). The molecule has 2 aromatic rings. The van der Waals surface area contributed by atoms with Crippen LogP contribution in [0.1, 0.15) is 82.2 Å². The van der Waals surface area contributed by atoms with E-state index < -0.39 is 0 Å². The first kappa shape index (κ1) is 27.4. The number of fused-ring (bicyclic) bond motifs is 2. The van der Waals surface area contributed by atoms with Crippen molar-refractivity contribution < 1.29 is 0 Å². The molecule has 0 saturated carbocycles. The van der Waals surface area contributed by atoms with Crippen molar-refractivity contribution in [1.29, 1.82) is 0 Å². The van der Waals surface area contributed by atoms with Gasteiger partial charge in [-0.3, -0.25) is 0 Å². The van der Waals surface area contributed by atoms with Crippen LogP contribution in [0.2, 0.25) is 0 Å². The molecule has 194 valence electrons. The van der Waals surface area contributed by atoms with Gasteiger partial charge >= 0.3 is 0 Å². The molecule has 2 aliphatic carbocycles. The summed E-state index contributed by atoms with van der Waals surface area (Å²) in [6.45, 7) is 24.3. The lowest BCUT2D eigenvalue weighted by atomic mass is 9.73. The smallest absolute Gasteiger partial charge is 0.0158 e. The largest absolute Gasteiger partial charge is 0.0991 e. The third kappa shape index (κ3) is 4.81. The Hall–Kier alpha value is -3.64. The van der Waals surface area contributed by atoms with E-state index in [9.17, 15) is 0 Å². The molecule has 0 fully saturated rings. The quantitative estimate of drug-likeness (QED) is 0.333. The Morgan fingerprint density at radius 3 is 2.42 bits per heavy atom. The van der Waals surface area contributed by atoms with Gasteiger partial charge in [-0.15, -0.1) is 0 Å². The first-order valence-electron chi connectivity index (χ1n) is 13.8. The summed E-state index contributed by atoms with van der Waals surface area (Å²) in [5.74, 6) is 0. The van der Waals surface area contributed by atoms with Crippen LogP contribution in [0, 0.1) is 6.92 Å². The Labute approximate surface area is 230 Å². The Bertz CT molecular complexity index is 1480. The molecule has 0 bridgehead atoms. The van der Waals surface area contributed by atoms with Crippen molar-refractivity contribution in [2.24, 2.45) is 0 Å². The van der Waals surface area contributed by atoms with Gasteiger partial charge in [-0.05, 0) is 126 Å². The molecule has 0 atom stereocenters. The predicted molar refractivity (Wildman–Crippen MR) is 169 cm³/mol. The van der Waals surface area contributed by atoms with Crippen LogP contribution in [0.3, 0.4) is 0 Å².